The topological polar surface area (TPSA) is 55.1 Å². The smallest absolute Gasteiger partial charge is 0.258 e. The van der Waals surface area contributed by atoms with Gasteiger partial charge in [0.25, 0.3) is 5.91 Å². The zero-order valence-electron chi connectivity index (χ0n) is 10.5. The Kier molecular flexibility index (Phi) is 3.67. The van der Waals surface area contributed by atoms with Crippen LogP contribution in [-0.4, -0.2) is 5.91 Å². The summed E-state index contributed by atoms with van der Waals surface area (Å²) in [6.07, 6.45) is 0.817. The van der Waals surface area contributed by atoms with Crippen LogP contribution in [0.5, 0.6) is 0 Å². The van der Waals surface area contributed by atoms with Crippen LogP contribution >= 0.6 is 11.3 Å². The van der Waals surface area contributed by atoms with Crippen LogP contribution in [0.4, 0.5) is 10.7 Å². The standard InChI is InChI=1S/C14H16N2OS/c1-3-11-9(2)18-13(15)12(11)14(17)16-10-7-5-4-6-8-10/h4-8H,3,15H2,1-2H3,(H,16,17). The molecule has 3 nitrogen and oxygen atoms in total. The number of hydrogen-bond donors (Lipinski definition) is 2. The van der Waals surface area contributed by atoms with Gasteiger partial charge in [0, 0.05) is 10.6 Å². The lowest BCUT2D eigenvalue weighted by Crippen LogP contribution is -2.14. The summed E-state index contributed by atoms with van der Waals surface area (Å²) in [5.74, 6) is -0.125. The van der Waals surface area contributed by atoms with E-state index in [-0.39, 0.29) is 5.91 Å². The molecule has 0 atom stereocenters. The SMILES string of the molecule is CCc1c(C)sc(N)c1C(=O)Nc1ccccc1. The molecule has 0 radical (unpaired) electrons. The number of hydrogen-bond acceptors (Lipinski definition) is 3. The van der Waals surface area contributed by atoms with Gasteiger partial charge in [-0.1, -0.05) is 25.1 Å². The normalized spacial score (nSPS) is 10.3. The van der Waals surface area contributed by atoms with E-state index in [0.29, 0.717) is 10.6 Å². The molecular formula is C14H16N2OS. The van der Waals surface area contributed by atoms with Crippen molar-refractivity contribution in [2.75, 3.05) is 11.1 Å². The second-order valence-corrected chi connectivity index (χ2v) is 5.31. The van der Waals surface area contributed by atoms with Crippen molar-refractivity contribution in [3.05, 3.63) is 46.3 Å². The van der Waals surface area contributed by atoms with Gasteiger partial charge in [-0.25, -0.2) is 0 Å². The van der Waals surface area contributed by atoms with Gasteiger partial charge >= 0.3 is 0 Å². The summed E-state index contributed by atoms with van der Waals surface area (Å²) in [7, 11) is 0. The number of nitrogen functional groups attached to an aromatic ring is 1. The van der Waals surface area contributed by atoms with Crippen LogP contribution in [0, 0.1) is 6.92 Å². The quantitative estimate of drug-likeness (QED) is 0.888. The number of anilines is 2. The molecule has 1 heterocycles. The first-order valence-corrected chi connectivity index (χ1v) is 6.69. The van der Waals surface area contributed by atoms with Gasteiger partial charge in [0.05, 0.1) is 10.6 Å². The average molecular weight is 260 g/mol. The number of nitrogens with two attached hydrogens (primary N) is 1. The maximum atomic E-state index is 12.2. The Morgan fingerprint density at radius 2 is 2.00 bits per heavy atom. The van der Waals surface area contributed by atoms with Crippen molar-refractivity contribution in [1.29, 1.82) is 0 Å². The Balaban J connectivity index is 2.29. The van der Waals surface area contributed by atoms with Crippen LogP contribution in [0.1, 0.15) is 27.7 Å². The monoisotopic (exact) mass is 260 g/mol. The summed E-state index contributed by atoms with van der Waals surface area (Å²) in [5.41, 5.74) is 8.39. The summed E-state index contributed by atoms with van der Waals surface area (Å²) in [5, 5.41) is 3.47. The number of aryl methyl sites for hydroxylation is 1. The van der Waals surface area contributed by atoms with E-state index in [1.165, 1.54) is 11.3 Å². The first-order valence-electron chi connectivity index (χ1n) is 5.87. The molecule has 0 aliphatic rings. The lowest BCUT2D eigenvalue weighted by atomic mass is 10.1. The fourth-order valence-corrected chi connectivity index (χ4v) is 3.01. The molecule has 0 saturated heterocycles. The van der Waals surface area contributed by atoms with Crippen LogP contribution < -0.4 is 11.1 Å². The molecular weight excluding hydrogens is 244 g/mol. The van der Waals surface area contributed by atoms with E-state index in [1.54, 1.807) is 0 Å². The molecule has 2 rings (SSSR count). The fourth-order valence-electron chi connectivity index (χ4n) is 1.99. The summed E-state index contributed by atoms with van der Waals surface area (Å²) < 4.78 is 0. The average Bonchev–Trinajstić information content (AvgIpc) is 2.64. The third-order valence-electron chi connectivity index (χ3n) is 2.85. The highest BCUT2D eigenvalue weighted by Gasteiger charge is 2.19. The second kappa shape index (κ2) is 5.23. The van der Waals surface area contributed by atoms with Crippen molar-refractivity contribution in [3.63, 3.8) is 0 Å². The van der Waals surface area contributed by atoms with E-state index in [1.807, 2.05) is 44.2 Å². The third kappa shape index (κ3) is 2.38. The number of thiophene rings is 1. The molecule has 1 aromatic carbocycles. The van der Waals surface area contributed by atoms with Gasteiger partial charge in [-0.2, -0.15) is 0 Å². The van der Waals surface area contributed by atoms with Gasteiger partial charge < -0.3 is 11.1 Å². The summed E-state index contributed by atoms with van der Waals surface area (Å²) in [6.45, 7) is 4.03. The lowest BCUT2D eigenvalue weighted by molar-refractivity contribution is 0.102. The van der Waals surface area contributed by atoms with Crippen LogP contribution in [0.25, 0.3) is 0 Å². The highest BCUT2D eigenvalue weighted by Crippen LogP contribution is 2.31. The van der Waals surface area contributed by atoms with Crippen molar-refractivity contribution in [3.8, 4) is 0 Å². The number of benzene rings is 1. The van der Waals surface area contributed by atoms with Crippen molar-refractivity contribution < 1.29 is 4.79 Å². The van der Waals surface area contributed by atoms with Gasteiger partial charge in [-0.15, -0.1) is 11.3 Å². The Morgan fingerprint density at radius 3 is 2.61 bits per heavy atom. The fraction of sp³-hybridized carbons (Fsp3) is 0.214. The van der Waals surface area contributed by atoms with Crippen molar-refractivity contribution in [2.24, 2.45) is 0 Å². The van der Waals surface area contributed by atoms with Gasteiger partial charge in [-0.05, 0) is 31.0 Å². The van der Waals surface area contributed by atoms with E-state index in [9.17, 15) is 4.79 Å². The minimum absolute atomic E-state index is 0.125. The van der Waals surface area contributed by atoms with Crippen molar-refractivity contribution in [1.82, 2.24) is 0 Å². The minimum atomic E-state index is -0.125. The Hall–Kier alpha value is -1.81. The van der Waals surface area contributed by atoms with E-state index >= 15 is 0 Å². The molecule has 1 aromatic heterocycles. The lowest BCUT2D eigenvalue weighted by Gasteiger charge is -2.06. The molecule has 0 bridgehead atoms. The van der Waals surface area contributed by atoms with E-state index in [4.69, 9.17) is 5.73 Å². The maximum Gasteiger partial charge on any atom is 0.258 e. The molecule has 18 heavy (non-hydrogen) atoms. The molecule has 0 fully saturated rings. The van der Waals surface area contributed by atoms with Crippen LogP contribution in [0.3, 0.4) is 0 Å². The number of carbonyl (C=O) groups is 1. The molecule has 0 spiro atoms. The zero-order valence-corrected chi connectivity index (χ0v) is 11.3. The molecule has 0 unspecified atom stereocenters. The molecule has 3 N–H and O–H groups in total. The van der Waals surface area contributed by atoms with Gasteiger partial charge in [-0.3, -0.25) is 4.79 Å². The van der Waals surface area contributed by atoms with Crippen molar-refractivity contribution >= 4 is 27.9 Å². The zero-order chi connectivity index (χ0) is 13.1. The van der Waals surface area contributed by atoms with Crippen LogP contribution in [0.15, 0.2) is 30.3 Å². The van der Waals surface area contributed by atoms with E-state index < -0.39 is 0 Å². The molecule has 0 aliphatic heterocycles. The largest absolute Gasteiger partial charge is 0.390 e. The number of para-hydroxylation sites is 1. The summed E-state index contributed by atoms with van der Waals surface area (Å²) in [4.78, 5) is 13.4. The number of amides is 1. The van der Waals surface area contributed by atoms with Crippen LogP contribution in [-0.2, 0) is 6.42 Å². The Labute approximate surface area is 111 Å². The molecule has 2 aromatic rings. The first-order chi connectivity index (χ1) is 8.63. The molecule has 4 heteroatoms. The molecule has 0 saturated carbocycles. The van der Waals surface area contributed by atoms with Crippen molar-refractivity contribution in [2.45, 2.75) is 20.3 Å². The van der Waals surface area contributed by atoms with Gasteiger partial charge in [0.2, 0.25) is 0 Å². The highest BCUT2D eigenvalue weighted by atomic mass is 32.1. The minimum Gasteiger partial charge on any atom is -0.390 e. The molecule has 0 aliphatic carbocycles. The molecule has 94 valence electrons. The summed E-state index contributed by atoms with van der Waals surface area (Å²) >= 11 is 1.48. The van der Waals surface area contributed by atoms with Gasteiger partial charge in [0.1, 0.15) is 0 Å². The van der Waals surface area contributed by atoms with Crippen LogP contribution in [0.2, 0.25) is 0 Å². The number of nitrogens with one attached hydrogen (secondary N) is 1. The predicted octanol–water partition coefficient (Wildman–Crippen LogP) is 3.45. The highest BCUT2D eigenvalue weighted by molar-refractivity contribution is 7.16. The third-order valence-corrected chi connectivity index (χ3v) is 3.83. The van der Waals surface area contributed by atoms with E-state index in [2.05, 4.69) is 5.32 Å². The number of carbonyl (C=O) groups excluding carboxylic acids is 1. The number of rotatable bonds is 3. The molecule has 1 amide bonds. The Morgan fingerprint density at radius 1 is 1.33 bits per heavy atom. The van der Waals surface area contributed by atoms with E-state index in [0.717, 1.165) is 22.5 Å². The maximum absolute atomic E-state index is 12.2. The van der Waals surface area contributed by atoms with Gasteiger partial charge in [0.15, 0.2) is 0 Å². The Bertz CT molecular complexity index is 561. The summed E-state index contributed by atoms with van der Waals surface area (Å²) in [6, 6.07) is 9.41. The predicted molar refractivity (Wildman–Crippen MR) is 77.2 cm³/mol. The second-order valence-electron chi connectivity index (χ2n) is 4.05. The first kappa shape index (κ1) is 12.6.